The number of aryl methyl sites for hydroxylation is 1. The minimum Gasteiger partial charge on any atom is -0.355 e. The summed E-state index contributed by atoms with van der Waals surface area (Å²) in [4.78, 5) is 8.60. The molecule has 124 valence electrons. The molecule has 0 saturated heterocycles. The highest BCUT2D eigenvalue weighted by Crippen LogP contribution is 2.33. The average molecular weight is 335 g/mol. The molecular weight excluding hydrogens is 318 g/mol. The van der Waals surface area contributed by atoms with Gasteiger partial charge in [0.15, 0.2) is 0 Å². The molecule has 0 aliphatic heterocycles. The number of fused-ring (bicyclic) bond motifs is 4. The summed E-state index contributed by atoms with van der Waals surface area (Å²) in [5, 5.41) is 9.42. The van der Waals surface area contributed by atoms with Gasteiger partial charge in [-0.2, -0.15) is 0 Å². The molecule has 0 aliphatic rings. The van der Waals surface area contributed by atoms with E-state index in [2.05, 4.69) is 88.9 Å². The summed E-state index contributed by atoms with van der Waals surface area (Å²) < 4.78 is 0. The van der Waals surface area contributed by atoms with Crippen LogP contribution >= 0.6 is 0 Å². The molecule has 1 heterocycles. The van der Waals surface area contributed by atoms with Crippen LogP contribution < -0.4 is 5.32 Å². The van der Waals surface area contributed by atoms with Crippen LogP contribution in [0.3, 0.4) is 0 Å². The van der Waals surface area contributed by atoms with Gasteiger partial charge in [-0.3, -0.25) is 0 Å². The number of hydrogen-bond donors (Lipinski definition) is 1. The van der Waals surface area contributed by atoms with Crippen molar-refractivity contribution < 1.29 is 0 Å². The largest absolute Gasteiger partial charge is 0.355 e. The third-order valence-corrected chi connectivity index (χ3v) is 4.84. The molecule has 0 fully saturated rings. The van der Waals surface area contributed by atoms with Crippen molar-refractivity contribution in [2.75, 3.05) is 5.32 Å². The Balaban J connectivity index is 1.74. The molecule has 0 bridgehead atoms. The summed E-state index contributed by atoms with van der Waals surface area (Å²) in [6.07, 6.45) is 3.49. The molecule has 0 unspecified atom stereocenters. The lowest BCUT2D eigenvalue weighted by Crippen LogP contribution is -1.92. The Morgan fingerprint density at radius 2 is 1.62 bits per heavy atom. The van der Waals surface area contributed by atoms with Crippen LogP contribution in [-0.4, -0.2) is 9.97 Å². The number of nitrogens with one attached hydrogen (secondary N) is 1. The maximum Gasteiger partial charge on any atom is 0.116 e. The van der Waals surface area contributed by atoms with Crippen molar-refractivity contribution in [1.29, 1.82) is 0 Å². The van der Waals surface area contributed by atoms with Gasteiger partial charge in [-0.15, -0.1) is 0 Å². The molecule has 0 radical (unpaired) electrons. The van der Waals surface area contributed by atoms with Gasteiger partial charge in [-0.25, -0.2) is 9.97 Å². The van der Waals surface area contributed by atoms with Gasteiger partial charge in [0.25, 0.3) is 0 Å². The van der Waals surface area contributed by atoms with E-state index in [4.69, 9.17) is 0 Å². The molecule has 5 rings (SSSR count). The molecular formula is C23H17N3. The first-order chi connectivity index (χ1) is 12.8. The van der Waals surface area contributed by atoms with Gasteiger partial charge in [0.2, 0.25) is 0 Å². The molecule has 0 spiro atoms. The highest BCUT2D eigenvalue weighted by Gasteiger charge is 2.07. The van der Waals surface area contributed by atoms with E-state index in [1.54, 1.807) is 6.33 Å². The average Bonchev–Trinajstić information content (AvgIpc) is 2.68. The van der Waals surface area contributed by atoms with Gasteiger partial charge in [0.1, 0.15) is 6.33 Å². The van der Waals surface area contributed by atoms with Crippen molar-refractivity contribution in [3.05, 3.63) is 84.8 Å². The van der Waals surface area contributed by atoms with E-state index in [1.807, 2.05) is 6.20 Å². The fraction of sp³-hybridized carbons (Fsp3) is 0.0435. The summed E-state index contributed by atoms with van der Waals surface area (Å²) >= 11 is 0. The second-order valence-electron chi connectivity index (χ2n) is 6.61. The lowest BCUT2D eigenvalue weighted by molar-refractivity contribution is 1.23. The predicted molar refractivity (Wildman–Crippen MR) is 109 cm³/mol. The van der Waals surface area contributed by atoms with Crippen molar-refractivity contribution in [3.8, 4) is 0 Å². The lowest BCUT2D eigenvalue weighted by atomic mass is 10.00. The Morgan fingerprint density at radius 3 is 2.50 bits per heavy atom. The summed E-state index contributed by atoms with van der Waals surface area (Å²) in [5.41, 5.74) is 4.41. The summed E-state index contributed by atoms with van der Waals surface area (Å²) in [6.45, 7) is 2.10. The summed E-state index contributed by atoms with van der Waals surface area (Å²) in [6, 6.07) is 23.5. The quantitative estimate of drug-likeness (QED) is 0.318. The molecule has 4 aromatic carbocycles. The number of benzene rings is 4. The number of anilines is 2. The zero-order valence-corrected chi connectivity index (χ0v) is 14.4. The predicted octanol–water partition coefficient (Wildman–Crippen LogP) is 5.99. The third kappa shape index (κ3) is 2.45. The molecule has 5 aromatic rings. The van der Waals surface area contributed by atoms with Crippen LogP contribution in [0.5, 0.6) is 0 Å². The fourth-order valence-electron chi connectivity index (χ4n) is 3.46. The standard InChI is InChI=1S/C23H17N3/c1-15-5-8-18(9-6-15)26-23-4-2-3-16-11-17-7-10-22-21(13-24-14-25-22)19(17)12-20(16)23/h2-14,26H,1H3. The van der Waals surface area contributed by atoms with Gasteiger partial charge < -0.3 is 5.32 Å². The monoisotopic (exact) mass is 335 g/mol. The van der Waals surface area contributed by atoms with Crippen molar-refractivity contribution >= 4 is 43.8 Å². The van der Waals surface area contributed by atoms with E-state index in [0.29, 0.717) is 0 Å². The van der Waals surface area contributed by atoms with Crippen LogP contribution in [0.1, 0.15) is 5.56 Å². The van der Waals surface area contributed by atoms with E-state index >= 15 is 0 Å². The zero-order chi connectivity index (χ0) is 17.5. The van der Waals surface area contributed by atoms with Crippen LogP contribution in [0, 0.1) is 6.92 Å². The van der Waals surface area contributed by atoms with Crippen LogP contribution in [-0.2, 0) is 0 Å². The summed E-state index contributed by atoms with van der Waals surface area (Å²) in [7, 11) is 0. The molecule has 1 N–H and O–H groups in total. The molecule has 26 heavy (non-hydrogen) atoms. The minimum absolute atomic E-state index is 0.968. The Bertz CT molecular complexity index is 1260. The highest BCUT2D eigenvalue weighted by atomic mass is 14.9. The first-order valence-corrected chi connectivity index (χ1v) is 8.67. The van der Waals surface area contributed by atoms with Gasteiger partial charge in [0, 0.05) is 28.3 Å². The molecule has 0 saturated carbocycles. The Morgan fingerprint density at radius 1 is 0.769 bits per heavy atom. The molecule has 3 nitrogen and oxygen atoms in total. The van der Waals surface area contributed by atoms with E-state index in [1.165, 1.54) is 27.1 Å². The molecule has 0 atom stereocenters. The van der Waals surface area contributed by atoms with E-state index < -0.39 is 0 Å². The lowest BCUT2D eigenvalue weighted by Gasteiger charge is -2.12. The van der Waals surface area contributed by atoms with Crippen molar-refractivity contribution in [3.63, 3.8) is 0 Å². The Labute approximate surface area is 151 Å². The molecule has 1 aromatic heterocycles. The van der Waals surface area contributed by atoms with Gasteiger partial charge in [-0.1, -0.05) is 35.9 Å². The maximum absolute atomic E-state index is 4.38. The normalized spacial score (nSPS) is 11.3. The van der Waals surface area contributed by atoms with Crippen molar-refractivity contribution in [2.45, 2.75) is 6.92 Å². The molecule has 0 amide bonds. The van der Waals surface area contributed by atoms with E-state index in [0.717, 1.165) is 22.3 Å². The zero-order valence-electron chi connectivity index (χ0n) is 14.4. The first-order valence-electron chi connectivity index (χ1n) is 8.67. The van der Waals surface area contributed by atoms with E-state index in [-0.39, 0.29) is 0 Å². The number of aromatic nitrogens is 2. The molecule has 3 heteroatoms. The fourth-order valence-corrected chi connectivity index (χ4v) is 3.46. The molecule has 0 aliphatic carbocycles. The van der Waals surface area contributed by atoms with Crippen molar-refractivity contribution in [1.82, 2.24) is 9.97 Å². The van der Waals surface area contributed by atoms with Crippen LogP contribution in [0.25, 0.3) is 32.4 Å². The second-order valence-corrected chi connectivity index (χ2v) is 6.61. The second kappa shape index (κ2) is 5.81. The maximum atomic E-state index is 4.38. The number of hydrogen-bond acceptors (Lipinski definition) is 3. The topological polar surface area (TPSA) is 37.8 Å². The minimum atomic E-state index is 0.968. The third-order valence-electron chi connectivity index (χ3n) is 4.84. The van der Waals surface area contributed by atoms with Crippen LogP contribution in [0.15, 0.2) is 79.3 Å². The smallest absolute Gasteiger partial charge is 0.116 e. The van der Waals surface area contributed by atoms with Gasteiger partial charge >= 0.3 is 0 Å². The van der Waals surface area contributed by atoms with Crippen LogP contribution in [0.2, 0.25) is 0 Å². The SMILES string of the molecule is Cc1ccc(Nc2cccc3cc4ccc5ncncc5c4cc23)cc1. The van der Waals surface area contributed by atoms with Gasteiger partial charge in [0.05, 0.1) is 5.52 Å². The Kier molecular flexibility index (Phi) is 3.32. The Hall–Kier alpha value is -3.46. The van der Waals surface area contributed by atoms with Gasteiger partial charge in [-0.05, 0) is 59.5 Å². The summed E-state index contributed by atoms with van der Waals surface area (Å²) in [5.74, 6) is 0. The number of rotatable bonds is 2. The van der Waals surface area contributed by atoms with Crippen molar-refractivity contribution in [2.24, 2.45) is 0 Å². The first kappa shape index (κ1) is 14.8. The van der Waals surface area contributed by atoms with E-state index in [9.17, 15) is 0 Å². The highest BCUT2D eigenvalue weighted by molar-refractivity contribution is 6.13. The van der Waals surface area contributed by atoms with Crippen LogP contribution in [0.4, 0.5) is 11.4 Å². The number of nitrogens with zero attached hydrogens (tertiary/aromatic N) is 2.